The second-order valence-electron chi connectivity index (χ2n) is 3.69. The summed E-state index contributed by atoms with van der Waals surface area (Å²) in [5.74, 6) is -0.000182. The van der Waals surface area contributed by atoms with Crippen molar-refractivity contribution in [2.45, 2.75) is 47.0 Å². The lowest BCUT2D eigenvalue weighted by molar-refractivity contribution is -0.134. The van der Waals surface area contributed by atoms with E-state index in [9.17, 15) is 4.79 Å². The fraction of sp³-hybridized carbons (Fsp3) is 0.750. The summed E-state index contributed by atoms with van der Waals surface area (Å²) in [4.78, 5) is 11.9. The molecule has 0 aliphatic heterocycles. The van der Waals surface area contributed by atoms with Gasteiger partial charge in [0.2, 0.25) is 0 Å². The van der Waals surface area contributed by atoms with Crippen LogP contribution in [-0.2, 0) is 4.79 Å². The predicted molar refractivity (Wildman–Crippen MR) is 67.5 cm³/mol. The Hall–Kier alpha value is -0.870. The van der Waals surface area contributed by atoms with E-state index in [0.717, 1.165) is 37.9 Å². The van der Waals surface area contributed by atoms with Crippen LogP contribution in [0.25, 0.3) is 0 Å². The lowest BCUT2D eigenvalue weighted by Crippen LogP contribution is -2.52. The van der Waals surface area contributed by atoms with Crippen LogP contribution in [-0.4, -0.2) is 24.1 Å². The van der Waals surface area contributed by atoms with Gasteiger partial charge in [0.1, 0.15) is 0 Å². The molecule has 94 valence electrons. The van der Waals surface area contributed by atoms with Crippen LogP contribution in [0.4, 0.5) is 0 Å². The van der Waals surface area contributed by atoms with Crippen molar-refractivity contribution in [3.63, 3.8) is 0 Å². The van der Waals surface area contributed by atoms with Crippen molar-refractivity contribution in [2.75, 3.05) is 13.1 Å². The number of rotatable bonds is 8. The first-order chi connectivity index (χ1) is 7.67. The van der Waals surface area contributed by atoms with Crippen LogP contribution in [0.2, 0.25) is 0 Å². The maximum Gasteiger partial charge on any atom is 0.278 e. The van der Waals surface area contributed by atoms with Gasteiger partial charge in [-0.1, -0.05) is 39.7 Å². The number of amides is 1. The Morgan fingerprint density at radius 3 is 2.19 bits per heavy atom. The molecule has 2 N–H and O–H groups in total. The summed E-state index contributed by atoms with van der Waals surface area (Å²) in [7, 11) is 0. The lowest BCUT2D eigenvalue weighted by atomic mass is 10.2. The van der Waals surface area contributed by atoms with Gasteiger partial charge in [0, 0.05) is 18.7 Å². The summed E-state index contributed by atoms with van der Waals surface area (Å²) in [6.07, 6.45) is 5.27. The first kappa shape index (κ1) is 15.1. The Morgan fingerprint density at radius 1 is 1.19 bits per heavy atom. The number of nitrogens with zero attached hydrogens (tertiary/aromatic N) is 1. The van der Waals surface area contributed by atoms with Crippen molar-refractivity contribution in [3.05, 3.63) is 11.6 Å². The SMILES string of the molecule is CCCCC=C(C)C(=O)N(NCC)NCC. The van der Waals surface area contributed by atoms with Gasteiger partial charge in [0.25, 0.3) is 5.91 Å². The predicted octanol–water partition coefficient (Wildman–Crippen LogP) is 2.00. The lowest BCUT2D eigenvalue weighted by Gasteiger charge is -2.22. The largest absolute Gasteiger partial charge is 0.278 e. The molecule has 0 saturated heterocycles. The number of hydrazine groups is 2. The Kier molecular flexibility index (Phi) is 8.85. The van der Waals surface area contributed by atoms with Crippen LogP contribution in [0.3, 0.4) is 0 Å². The van der Waals surface area contributed by atoms with E-state index in [1.807, 2.05) is 26.8 Å². The minimum absolute atomic E-state index is 0.000182. The molecule has 4 heteroatoms. The molecule has 0 aromatic heterocycles. The first-order valence-corrected chi connectivity index (χ1v) is 6.15. The second kappa shape index (κ2) is 9.36. The molecule has 4 nitrogen and oxygen atoms in total. The Bertz CT molecular complexity index is 220. The monoisotopic (exact) mass is 227 g/mol. The number of carbonyl (C=O) groups excluding carboxylic acids is 1. The van der Waals surface area contributed by atoms with Gasteiger partial charge in [-0.2, -0.15) is 0 Å². The van der Waals surface area contributed by atoms with Gasteiger partial charge >= 0.3 is 0 Å². The van der Waals surface area contributed by atoms with E-state index in [1.54, 1.807) is 0 Å². The molecule has 1 amide bonds. The van der Waals surface area contributed by atoms with E-state index in [4.69, 9.17) is 0 Å². The fourth-order valence-corrected chi connectivity index (χ4v) is 1.30. The molecular weight excluding hydrogens is 202 g/mol. The standard InChI is InChI=1S/C12H25N3O/c1-5-8-9-10-11(4)12(16)15(13-6-2)14-7-3/h10,13-14H,5-9H2,1-4H3. The normalized spacial score (nSPS) is 11.6. The zero-order valence-corrected chi connectivity index (χ0v) is 11.0. The number of unbranched alkanes of at least 4 members (excludes halogenated alkanes) is 2. The Labute approximate surface area is 99.0 Å². The van der Waals surface area contributed by atoms with Crippen molar-refractivity contribution in [1.29, 1.82) is 0 Å². The summed E-state index contributed by atoms with van der Waals surface area (Å²) in [5, 5.41) is 1.47. The highest BCUT2D eigenvalue weighted by Gasteiger charge is 2.12. The number of carbonyl (C=O) groups is 1. The van der Waals surface area contributed by atoms with Crippen molar-refractivity contribution in [2.24, 2.45) is 0 Å². The summed E-state index contributed by atoms with van der Waals surface area (Å²) in [5.41, 5.74) is 6.76. The van der Waals surface area contributed by atoms with Gasteiger partial charge in [0.15, 0.2) is 0 Å². The highest BCUT2D eigenvalue weighted by atomic mass is 16.2. The number of allylic oxidation sites excluding steroid dienone is 1. The van der Waals surface area contributed by atoms with Gasteiger partial charge in [-0.3, -0.25) is 4.79 Å². The van der Waals surface area contributed by atoms with Gasteiger partial charge in [-0.15, -0.1) is 0 Å². The topological polar surface area (TPSA) is 44.4 Å². The van der Waals surface area contributed by atoms with E-state index in [1.165, 1.54) is 5.12 Å². The van der Waals surface area contributed by atoms with E-state index in [0.29, 0.717) is 0 Å². The van der Waals surface area contributed by atoms with Crippen LogP contribution in [0.15, 0.2) is 11.6 Å². The third kappa shape index (κ3) is 5.88. The average molecular weight is 227 g/mol. The van der Waals surface area contributed by atoms with Crippen LogP contribution in [0.1, 0.15) is 47.0 Å². The first-order valence-electron chi connectivity index (χ1n) is 6.15. The molecule has 0 aliphatic rings. The number of hydrogen-bond acceptors (Lipinski definition) is 3. The molecule has 0 saturated carbocycles. The van der Waals surface area contributed by atoms with Gasteiger partial charge in [-0.25, -0.2) is 16.0 Å². The molecule has 16 heavy (non-hydrogen) atoms. The summed E-state index contributed by atoms with van der Waals surface area (Å²) in [6.45, 7) is 9.39. The molecule has 0 fully saturated rings. The van der Waals surface area contributed by atoms with E-state index < -0.39 is 0 Å². The smallest absolute Gasteiger partial charge is 0.267 e. The average Bonchev–Trinajstić information content (AvgIpc) is 2.28. The Balaban J connectivity index is 4.29. The van der Waals surface area contributed by atoms with Crippen molar-refractivity contribution in [3.8, 4) is 0 Å². The highest BCUT2D eigenvalue weighted by molar-refractivity contribution is 5.92. The van der Waals surface area contributed by atoms with Crippen molar-refractivity contribution >= 4 is 5.91 Å². The summed E-state index contributed by atoms with van der Waals surface area (Å²) < 4.78 is 0. The molecule has 0 rings (SSSR count). The van der Waals surface area contributed by atoms with Crippen LogP contribution >= 0.6 is 0 Å². The van der Waals surface area contributed by atoms with Crippen molar-refractivity contribution < 1.29 is 4.79 Å². The van der Waals surface area contributed by atoms with Crippen molar-refractivity contribution in [1.82, 2.24) is 16.0 Å². The fourth-order valence-electron chi connectivity index (χ4n) is 1.30. The summed E-state index contributed by atoms with van der Waals surface area (Å²) in [6, 6.07) is 0. The Morgan fingerprint density at radius 2 is 1.75 bits per heavy atom. The third-order valence-electron chi connectivity index (χ3n) is 2.18. The van der Waals surface area contributed by atoms with Crippen LogP contribution in [0.5, 0.6) is 0 Å². The molecule has 0 aromatic carbocycles. The molecule has 0 atom stereocenters. The molecule has 0 aliphatic carbocycles. The molecule has 0 bridgehead atoms. The maximum atomic E-state index is 11.9. The van der Waals surface area contributed by atoms with Crippen LogP contribution < -0.4 is 10.9 Å². The molecule has 0 unspecified atom stereocenters. The minimum atomic E-state index is -0.000182. The molecule has 0 radical (unpaired) electrons. The van der Waals surface area contributed by atoms with E-state index in [-0.39, 0.29) is 5.91 Å². The van der Waals surface area contributed by atoms with Gasteiger partial charge < -0.3 is 0 Å². The second-order valence-corrected chi connectivity index (χ2v) is 3.69. The molecule has 0 spiro atoms. The van der Waals surface area contributed by atoms with Crippen LogP contribution in [0, 0.1) is 0 Å². The van der Waals surface area contributed by atoms with Gasteiger partial charge in [0.05, 0.1) is 0 Å². The van der Waals surface area contributed by atoms with Gasteiger partial charge in [-0.05, 0) is 13.3 Å². The number of hydrogen-bond donors (Lipinski definition) is 2. The minimum Gasteiger partial charge on any atom is -0.267 e. The zero-order chi connectivity index (χ0) is 12.4. The molecular formula is C12H25N3O. The highest BCUT2D eigenvalue weighted by Crippen LogP contribution is 2.03. The zero-order valence-electron chi connectivity index (χ0n) is 11.0. The third-order valence-corrected chi connectivity index (χ3v) is 2.18. The maximum absolute atomic E-state index is 11.9. The number of nitrogens with one attached hydrogen (secondary N) is 2. The quantitative estimate of drug-likeness (QED) is 0.379. The van der Waals surface area contributed by atoms with E-state index >= 15 is 0 Å². The molecule has 0 aromatic rings. The summed E-state index contributed by atoms with van der Waals surface area (Å²) >= 11 is 0. The van der Waals surface area contributed by atoms with E-state index in [2.05, 4.69) is 17.8 Å². The molecule has 0 heterocycles.